The van der Waals surface area contributed by atoms with E-state index < -0.39 is 0 Å². The predicted molar refractivity (Wildman–Crippen MR) is 105 cm³/mol. The number of nitrogens with zero attached hydrogens (tertiary/aromatic N) is 1. The highest BCUT2D eigenvalue weighted by Gasteiger charge is 2.21. The molecule has 0 bridgehead atoms. The maximum atomic E-state index is 12.8. The molecule has 1 atom stereocenters. The first-order valence-electron chi connectivity index (χ1n) is 8.67. The Hall–Kier alpha value is -1.89. The summed E-state index contributed by atoms with van der Waals surface area (Å²) in [6, 6.07) is 15.3. The summed E-state index contributed by atoms with van der Waals surface area (Å²) in [4.78, 5) is 15.1. The van der Waals surface area contributed by atoms with E-state index in [0.29, 0.717) is 11.3 Å². The minimum absolute atomic E-state index is 0.0809. The van der Waals surface area contributed by atoms with E-state index in [2.05, 4.69) is 38.3 Å². The van der Waals surface area contributed by atoms with Crippen molar-refractivity contribution in [1.29, 1.82) is 0 Å². The third kappa shape index (κ3) is 4.84. The fourth-order valence-electron chi connectivity index (χ4n) is 3.01. The van der Waals surface area contributed by atoms with E-state index >= 15 is 0 Å². The number of hydrogen-bond donors (Lipinski definition) is 1. The first-order chi connectivity index (χ1) is 12.7. The molecular formula is C20H23BrN2O3. The lowest BCUT2D eigenvalue weighted by Crippen LogP contribution is -2.43. The Morgan fingerprint density at radius 1 is 1.23 bits per heavy atom. The van der Waals surface area contributed by atoms with Crippen molar-refractivity contribution in [2.75, 3.05) is 40.0 Å². The molecule has 0 spiro atoms. The van der Waals surface area contributed by atoms with Gasteiger partial charge in [0.15, 0.2) is 0 Å². The van der Waals surface area contributed by atoms with Crippen LogP contribution in [-0.4, -0.2) is 50.8 Å². The molecule has 138 valence electrons. The summed E-state index contributed by atoms with van der Waals surface area (Å²) in [7, 11) is 1.60. The summed E-state index contributed by atoms with van der Waals surface area (Å²) >= 11 is 3.44. The molecule has 1 fully saturated rings. The molecule has 0 aromatic heterocycles. The lowest BCUT2D eigenvalue weighted by Gasteiger charge is -2.31. The van der Waals surface area contributed by atoms with Gasteiger partial charge in [-0.1, -0.05) is 30.3 Å². The number of morpholine rings is 1. The number of carbonyl (C=O) groups excluding carboxylic acids is 1. The number of carbonyl (C=O) groups is 1. The van der Waals surface area contributed by atoms with Crippen molar-refractivity contribution in [3.05, 3.63) is 64.1 Å². The number of rotatable bonds is 6. The summed E-state index contributed by atoms with van der Waals surface area (Å²) < 4.78 is 11.4. The van der Waals surface area contributed by atoms with Crippen LogP contribution in [0.1, 0.15) is 22.0 Å². The highest BCUT2D eigenvalue weighted by molar-refractivity contribution is 9.10. The molecular weight excluding hydrogens is 396 g/mol. The van der Waals surface area contributed by atoms with Crippen molar-refractivity contribution in [1.82, 2.24) is 10.2 Å². The lowest BCUT2D eigenvalue weighted by atomic mass is 10.1. The molecule has 1 aliphatic rings. The molecule has 0 aliphatic carbocycles. The third-order valence-corrected chi connectivity index (χ3v) is 5.09. The minimum Gasteiger partial charge on any atom is -0.496 e. The fourth-order valence-corrected chi connectivity index (χ4v) is 3.55. The minimum atomic E-state index is -0.101. The van der Waals surface area contributed by atoms with Gasteiger partial charge >= 0.3 is 0 Å². The summed E-state index contributed by atoms with van der Waals surface area (Å²) in [6.45, 7) is 4.00. The Kier molecular flexibility index (Phi) is 6.66. The molecule has 0 saturated carbocycles. The Morgan fingerprint density at radius 2 is 1.96 bits per heavy atom. The van der Waals surface area contributed by atoms with E-state index in [1.54, 1.807) is 25.3 Å². The van der Waals surface area contributed by atoms with Crippen molar-refractivity contribution < 1.29 is 14.3 Å². The second kappa shape index (κ2) is 9.16. The quantitative estimate of drug-likeness (QED) is 0.781. The van der Waals surface area contributed by atoms with Crippen molar-refractivity contribution in [2.24, 2.45) is 0 Å². The van der Waals surface area contributed by atoms with Crippen molar-refractivity contribution in [2.45, 2.75) is 6.04 Å². The van der Waals surface area contributed by atoms with E-state index in [9.17, 15) is 4.79 Å². The van der Waals surface area contributed by atoms with Gasteiger partial charge in [0.05, 0.1) is 30.8 Å². The molecule has 1 amide bonds. The predicted octanol–water partition coefficient (Wildman–Crippen LogP) is 3.26. The van der Waals surface area contributed by atoms with Crippen LogP contribution in [0.25, 0.3) is 0 Å². The summed E-state index contributed by atoms with van der Waals surface area (Å²) in [5.41, 5.74) is 1.69. The van der Waals surface area contributed by atoms with Gasteiger partial charge in [-0.2, -0.15) is 0 Å². The van der Waals surface area contributed by atoms with Gasteiger partial charge in [-0.3, -0.25) is 9.69 Å². The lowest BCUT2D eigenvalue weighted by molar-refractivity contribution is 0.0332. The highest BCUT2D eigenvalue weighted by atomic mass is 79.9. The third-order valence-electron chi connectivity index (χ3n) is 4.47. The van der Waals surface area contributed by atoms with Crippen LogP contribution in [0, 0.1) is 0 Å². The number of nitrogens with one attached hydrogen (secondary N) is 1. The van der Waals surface area contributed by atoms with Gasteiger partial charge < -0.3 is 14.8 Å². The molecule has 0 radical (unpaired) electrons. The van der Waals surface area contributed by atoms with Crippen molar-refractivity contribution in [3.63, 3.8) is 0 Å². The SMILES string of the molecule is COc1ccc(C(=O)NC(CN2CCOCC2)c2ccccc2)cc1Br. The summed E-state index contributed by atoms with van der Waals surface area (Å²) in [5, 5.41) is 3.18. The molecule has 1 saturated heterocycles. The maximum absolute atomic E-state index is 12.8. The van der Waals surface area contributed by atoms with E-state index in [4.69, 9.17) is 9.47 Å². The maximum Gasteiger partial charge on any atom is 0.251 e. The Labute approximate surface area is 162 Å². The summed E-state index contributed by atoms with van der Waals surface area (Å²) in [6.07, 6.45) is 0. The zero-order valence-corrected chi connectivity index (χ0v) is 16.4. The van der Waals surface area contributed by atoms with E-state index in [1.165, 1.54) is 0 Å². The Bertz CT molecular complexity index is 733. The Balaban J connectivity index is 1.76. The molecule has 3 rings (SSSR count). The second-order valence-electron chi connectivity index (χ2n) is 6.20. The average Bonchev–Trinajstić information content (AvgIpc) is 2.69. The smallest absolute Gasteiger partial charge is 0.251 e. The highest BCUT2D eigenvalue weighted by Crippen LogP contribution is 2.26. The number of hydrogen-bond acceptors (Lipinski definition) is 4. The molecule has 26 heavy (non-hydrogen) atoms. The van der Waals surface area contributed by atoms with Gasteiger partial charge in [0.2, 0.25) is 0 Å². The van der Waals surface area contributed by atoms with E-state index in [1.807, 2.05) is 18.2 Å². The van der Waals surface area contributed by atoms with Crippen LogP contribution in [-0.2, 0) is 4.74 Å². The second-order valence-corrected chi connectivity index (χ2v) is 7.05. The first kappa shape index (κ1) is 18.9. The number of ether oxygens (including phenoxy) is 2. The van der Waals surface area contributed by atoms with Gasteiger partial charge in [0, 0.05) is 25.2 Å². The Morgan fingerprint density at radius 3 is 2.62 bits per heavy atom. The monoisotopic (exact) mass is 418 g/mol. The van der Waals surface area contributed by atoms with Crippen molar-refractivity contribution in [3.8, 4) is 5.75 Å². The molecule has 1 unspecified atom stereocenters. The number of benzene rings is 2. The largest absolute Gasteiger partial charge is 0.496 e. The normalized spacial score (nSPS) is 16.1. The fraction of sp³-hybridized carbons (Fsp3) is 0.350. The topological polar surface area (TPSA) is 50.8 Å². The van der Waals surface area contributed by atoms with E-state index in [0.717, 1.165) is 42.9 Å². The van der Waals surface area contributed by atoms with E-state index in [-0.39, 0.29) is 11.9 Å². The van der Waals surface area contributed by atoms with Crippen LogP contribution < -0.4 is 10.1 Å². The van der Waals surface area contributed by atoms with Gasteiger partial charge in [-0.25, -0.2) is 0 Å². The van der Waals surface area contributed by atoms with Gasteiger partial charge in [0.1, 0.15) is 5.75 Å². The van der Waals surface area contributed by atoms with Gasteiger partial charge in [0.25, 0.3) is 5.91 Å². The van der Waals surface area contributed by atoms with Crippen LogP contribution in [0.3, 0.4) is 0 Å². The molecule has 1 heterocycles. The van der Waals surface area contributed by atoms with Crippen LogP contribution in [0.15, 0.2) is 53.0 Å². The molecule has 5 nitrogen and oxygen atoms in total. The molecule has 1 N–H and O–H groups in total. The van der Waals surface area contributed by atoms with Crippen LogP contribution >= 0.6 is 15.9 Å². The van der Waals surface area contributed by atoms with Crippen LogP contribution in [0.2, 0.25) is 0 Å². The van der Waals surface area contributed by atoms with Gasteiger partial charge in [-0.15, -0.1) is 0 Å². The molecule has 6 heteroatoms. The van der Waals surface area contributed by atoms with Crippen molar-refractivity contribution >= 4 is 21.8 Å². The average molecular weight is 419 g/mol. The first-order valence-corrected chi connectivity index (χ1v) is 9.46. The zero-order chi connectivity index (χ0) is 18.4. The van der Waals surface area contributed by atoms with Crippen LogP contribution in [0.5, 0.6) is 5.75 Å². The molecule has 1 aliphatic heterocycles. The number of methoxy groups -OCH3 is 1. The summed E-state index contributed by atoms with van der Waals surface area (Å²) in [5.74, 6) is 0.602. The zero-order valence-electron chi connectivity index (χ0n) is 14.8. The van der Waals surface area contributed by atoms with Gasteiger partial charge in [-0.05, 0) is 39.7 Å². The number of amides is 1. The molecule has 2 aromatic carbocycles. The molecule has 2 aromatic rings. The number of halogens is 1. The standard InChI is InChI=1S/C20H23BrN2O3/c1-25-19-8-7-16(13-17(19)21)20(24)22-18(15-5-3-2-4-6-15)14-23-9-11-26-12-10-23/h2-8,13,18H,9-12,14H2,1H3,(H,22,24). The van der Waals surface area contributed by atoms with Crippen LogP contribution in [0.4, 0.5) is 0 Å².